The lowest BCUT2D eigenvalue weighted by atomic mass is 10.0. The quantitative estimate of drug-likeness (QED) is 0.636. The molecule has 1 aromatic rings. The molecule has 13 heavy (non-hydrogen) atoms. The lowest BCUT2D eigenvalue weighted by Gasteiger charge is -2.03. The fourth-order valence-electron chi connectivity index (χ4n) is 1.15. The van der Waals surface area contributed by atoms with Crippen molar-refractivity contribution >= 4 is 5.57 Å². The van der Waals surface area contributed by atoms with Crippen molar-refractivity contribution in [2.75, 3.05) is 0 Å². The van der Waals surface area contributed by atoms with Crippen LogP contribution in [-0.4, -0.2) is 4.98 Å². The van der Waals surface area contributed by atoms with Gasteiger partial charge in [-0.15, -0.1) is 0 Å². The van der Waals surface area contributed by atoms with Crippen molar-refractivity contribution in [1.29, 1.82) is 0 Å². The minimum atomic E-state index is 1.11. The van der Waals surface area contributed by atoms with Crippen LogP contribution in [0.25, 0.3) is 5.57 Å². The molecule has 0 N–H and O–H groups in total. The highest BCUT2D eigenvalue weighted by Gasteiger charge is 1.98. The van der Waals surface area contributed by atoms with E-state index in [1.54, 1.807) is 12.4 Å². The van der Waals surface area contributed by atoms with Gasteiger partial charge in [0.2, 0.25) is 0 Å². The zero-order valence-corrected chi connectivity index (χ0v) is 7.83. The van der Waals surface area contributed by atoms with Crippen molar-refractivity contribution in [2.24, 2.45) is 0 Å². The van der Waals surface area contributed by atoms with Gasteiger partial charge in [0.05, 0.1) is 0 Å². The summed E-state index contributed by atoms with van der Waals surface area (Å²) >= 11 is 0. The predicted octanol–water partition coefficient (Wildman–Crippen LogP) is 3.23. The van der Waals surface area contributed by atoms with Crippen LogP contribution < -0.4 is 0 Å². The van der Waals surface area contributed by atoms with Gasteiger partial charge in [-0.1, -0.05) is 25.3 Å². The lowest BCUT2D eigenvalue weighted by molar-refractivity contribution is 1.31. The Morgan fingerprint density at radius 2 is 1.85 bits per heavy atom. The van der Waals surface area contributed by atoms with E-state index in [-0.39, 0.29) is 0 Å². The first-order chi connectivity index (χ1) is 6.29. The molecule has 1 heterocycles. The molecule has 0 radical (unpaired) electrons. The molecule has 0 unspecified atom stereocenters. The van der Waals surface area contributed by atoms with Crippen LogP contribution in [0.3, 0.4) is 0 Å². The third-order valence-electron chi connectivity index (χ3n) is 1.93. The van der Waals surface area contributed by atoms with Gasteiger partial charge in [-0.05, 0) is 35.8 Å². The van der Waals surface area contributed by atoms with Crippen LogP contribution in [0.15, 0.2) is 55.4 Å². The van der Waals surface area contributed by atoms with E-state index in [9.17, 15) is 0 Å². The molecule has 0 aromatic carbocycles. The van der Waals surface area contributed by atoms with Crippen molar-refractivity contribution in [2.45, 2.75) is 6.92 Å². The first kappa shape index (κ1) is 9.46. The van der Waals surface area contributed by atoms with E-state index in [2.05, 4.69) is 18.1 Å². The summed E-state index contributed by atoms with van der Waals surface area (Å²) in [7, 11) is 0. The van der Waals surface area contributed by atoms with Gasteiger partial charge in [0.1, 0.15) is 0 Å². The molecule has 0 fully saturated rings. The fraction of sp³-hybridized carbons (Fsp3) is 0.0833. The summed E-state index contributed by atoms with van der Waals surface area (Å²) in [6.45, 7) is 9.53. The SMILES string of the molecule is C=C/C(C)=C(\C=C)c1ccncc1. The minimum Gasteiger partial charge on any atom is -0.265 e. The number of hydrogen-bond acceptors (Lipinski definition) is 1. The van der Waals surface area contributed by atoms with E-state index in [1.165, 1.54) is 0 Å². The Hall–Kier alpha value is -1.63. The van der Waals surface area contributed by atoms with Gasteiger partial charge < -0.3 is 0 Å². The molecule has 0 spiro atoms. The van der Waals surface area contributed by atoms with Crippen LogP contribution in [0, 0.1) is 0 Å². The normalized spacial score (nSPS) is 11.8. The van der Waals surface area contributed by atoms with Gasteiger partial charge in [0.25, 0.3) is 0 Å². The van der Waals surface area contributed by atoms with E-state index in [1.807, 2.05) is 31.2 Å². The minimum absolute atomic E-state index is 1.11. The second-order valence-electron chi connectivity index (χ2n) is 2.74. The summed E-state index contributed by atoms with van der Waals surface area (Å²) in [4.78, 5) is 3.96. The van der Waals surface area contributed by atoms with Crippen LogP contribution in [0.2, 0.25) is 0 Å². The molecule has 1 rings (SSSR count). The first-order valence-electron chi connectivity index (χ1n) is 4.15. The Morgan fingerprint density at radius 3 is 2.31 bits per heavy atom. The van der Waals surface area contributed by atoms with Crippen LogP contribution in [0.1, 0.15) is 12.5 Å². The Bertz CT molecular complexity index is 333. The number of rotatable bonds is 3. The molecule has 0 amide bonds. The molecular formula is C12H13N. The van der Waals surface area contributed by atoms with Crippen LogP contribution >= 0.6 is 0 Å². The van der Waals surface area contributed by atoms with Crippen LogP contribution in [0.5, 0.6) is 0 Å². The third kappa shape index (κ3) is 2.15. The Balaban J connectivity index is 3.20. The number of hydrogen-bond donors (Lipinski definition) is 0. The fourth-order valence-corrected chi connectivity index (χ4v) is 1.15. The van der Waals surface area contributed by atoms with Crippen molar-refractivity contribution in [3.05, 3.63) is 61.0 Å². The van der Waals surface area contributed by atoms with E-state index in [0.717, 1.165) is 16.7 Å². The van der Waals surface area contributed by atoms with Crippen molar-refractivity contribution in [3.63, 3.8) is 0 Å². The third-order valence-corrected chi connectivity index (χ3v) is 1.93. The van der Waals surface area contributed by atoms with Gasteiger partial charge in [-0.2, -0.15) is 0 Å². The average Bonchev–Trinajstić information content (AvgIpc) is 2.20. The summed E-state index contributed by atoms with van der Waals surface area (Å²) in [5.74, 6) is 0. The highest BCUT2D eigenvalue weighted by atomic mass is 14.6. The van der Waals surface area contributed by atoms with E-state index >= 15 is 0 Å². The molecule has 0 bridgehead atoms. The largest absolute Gasteiger partial charge is 0.265 e. The van der Waals surface area contributed by atoms with Crippen LogP contribution in [0.4, 0.5) is 0 Å². The topological polar surface area (TPSA) is 12.9 Å². The van der Waals surface area contributed by atoms with Gasteiger partial charge in [0, 0.05) is 12.4 Å². The Kier molecular flexibility index (Phi) is 3.21. The van der Waals surface area contributed by atoms with E-state index in [4.69, 9.17) is 0 Å². The zero-order chi connectivity index (χ0) is 9.68. The smallest absolute Gasteiger partial charge is 0.0273 e. The highest BCUT2D eigenvalue weighted by molar-refractivity contribution is 5.77. The molecular weight excluding hydrogens is 158 g/mol. The van der Waals surface area contributed by atoms with Crippen molar-refractivity contribution in [1.82, 2.24) is 4.98 Å². The Labute approximate surface area is 79.1 Å². The molecule has 0 atom stereocenters. The van der Waals surface area contributed by atoms with Crippen molar-refractivity contribution in [3.8, 4) is 0 Å². The maximum absolute atomic E-state index is 3.96. The standard InChI is InChI=1S/C12H13N/c1-4-10(3)12(5-2)11-6-8-13-9-7-11/h4-9H,1-2H2,3H3/b12-10+. The predicted molar refractivity (Wildman–Crippen MR) is 57.2 cm³/mol. The summed E-state index contributed by atoms with van der Waals surface area (Å²) in [5.41, 5.74) is 3.36. The summed E-state index contributed by atoms with van der Waals surface area (Å²) in [6.07, 6.45) is 7.22. The lowest BCUT2D eigenvalue weighted by Crippen LogP contribution is -1.84. The number of pyridine rings is 1. The molecule has 1 nitrogen and oxygen atoms in total. The van der Waals surface area contributed by atoms with Gasteiger partial charge in [0.15, 0.2) is 0 Å². The molecule has 0 aliphatic heterocycles. The maximum Gasteiger partial charge on any atom is 0.0273 e. The molecule has 0 saturated heterocycles. The molecule has 1 heteroatoms. The van der Waals surface area contributed by atoms with E-state index in [0.29, 0.717) is 0 Å². The first-order valence-corrected chi connectivity index (χ1v) is 4.15. The monoisotopic (exact) mass is 171 g/mol. The second-order valence-corrected chi connectivity index (χ2v) is 2.74. The van der Waals surface area contributed by atoms with Crippen LogP contribution in [-0.2, 0) is 0 Å². The van der Waals surface area contributed by atoms with Gasteiger partial charge >= 0.3 is 0 Å². The molecule has 0 aliphatic carbocycles. The van der Waals surface area contributed by atoms with Crippen molar-refractivity contribution < 1.29 is 0 Å². The number of allylic oxidation sites excluding steroid dienone is 4. The average molecular weight is 171 g/mol. The molecule has 1 aromatic heterocycles. The van der Waals surface area contributed by atoms with E-state index < -0.39 is 0 Å². The summed E-state index contributed by atoms with van der Waals surface area (Å²) < 4.78 is 0. The second kappa shape index (κ2) is 4.41. The summed E-state index contributed by atoms with van der Waals surface area (Å²) in [5, 5.41) is 0. The number of nitrogens with zero attached hydrogens (tertiary/aromatic N) is 1. The van der Waals surface area contributed by atoms with Gasteiger partial charge in [-0.25, -0.2) is 0 Å². The molecule has 66 valence electrons. The molecule has 0 aliphatic rings. The Morgan fingerprint density at radius 1 is 1.23 bits per heavy atom. The summed E-state index contributed by atoms with van der Waals surface area (Å²) in [6, 6.07) is 3.92. The zero-order valence-electron chi connectivity index (χ0n) is 7.83. The maximum atomic E-state index is 3.96. The highest BCUT2D eigenvalue weighted by Crippen LogP contribution is 2.19. The number of aromatic nitrogens is 1. The molecule has 0 saturated carbocycles. The van der Waals surface area contributed by atoms with Gasteiger partial charge in [-0.3, -0.25) is 4.98 Å².